The van der Waals surface area contributed by atoms with Gasteiger partial charge in [0.1, 0.15) is 0 Å². The average Bonchev–Trinajstić information content (AvgIpc) is 3.25. The number of fused-ring (bicyclic) bond motifs is 1. The first-order valence-electron chi connectivity index (χ1n) is 10.9. The number of benzene rings is 2. The van der Waals surface area contributed by atoms with E-state index in [1.165, 1.54) is 0 Å². The number of para-hydroxylation sites is 2. The fourth-order valence-corrected chi connectivity index (χ4v) is 3.84. The molecule has 0 saturated heterocycles. The van der Waals surface area contributed by atoms with Gasteiger partial charge in [-0.2, -0.15) is 0 Å². The van der Waals surface area contributed by atoms with Gasteiger partial charge in [-0.3, -0.25) is 9.59 Å². The molecule has 170 valence electrons. The number of carbonyl (C=O) groups excluding carboxylic acids is 2. The topological polar surface area (TPSA) is 92.5 Å². The molecule has 0 radical (unpaired) electrons. The van der Waals surface area contributed by atoms with Gasteiger partial charge in [0.05, 0.1) is 14.2 Å². The third kappa shape index (κ3) is 5.41. The van der Waals surface area contributed by atoms with Gasteiger partial charge in [-0.25, -0.2) is 0 Å². The second-order valence-corrected chi connectivity index (χ2v) is 7.58. The van der Waals surface area contributed by atoms with E-state index in [0.717, 1.165) is 28.5 Å². The van der Waals surface area contributed by atoms with E-state index >= 15 is 0 Å². The number of aromatic amines is 1. The Morgan fingerprint density at radius 3 is 2.41 bits per heavy atom. The molecule has 0 aliphatic carbocycles. The average molecular weight is 438 g/mol. The second-order valence-electron chi connectivity index (χ2n) is 7.58. The van der Waals surface area contributed by atoms with E-state index in [1.54, 1.807) is 14.2 Å². The third-order valence-corrected chi connectivity index (χ3v) is 5.46. The molecule has 3 aromatic rings. The number of ether oxygens (including phenoxy) is 2. The van der Waals surface area contributed by atoms with Gasteiger partial charge < -0.3 is 25.1 Å². The number of methoxy groups -OCH3 is 2. The summed E-state index contributed by atoms with van der Waals surface area (Å²) in [6, 6.07) is 13.8. The number of hydrogen-bond acceptors (Lipinski definition) is 4. The summed E-state index contributed by atoms with van der Waals surface area (Å²) in [5, 5.41) is 6.88. The lowest BCUT2D eigenvalue weighted by molar-refractivity contribution is -0.126. The number of amides is 2. The molecule has 7 heteroatoms. The van der Waals surface area contributed by atoms with Crippen LogP contribution in [-0.2, 0) is 9.59 Å². The lowest BCUT2D eigenvalue weighted by Crippen LogP contribution is -2.31. The highest BCUT2D eigenvalue weighted by Gasteiger charge is 2.24. The number of carbonyl (C=O) groups is 2. The Balaban J connectivity index is 1.85. The van der Waals surface area contributed by atoms with Crippen LogP contribution in [0.2, 0.25) is 0 Å². The molecule has 1 aromatic heterocycles. The number of hydrogen-bond donors (Lipinski definition) is 3. The van der Waals surface area contributed by atoms with Crippen LogP contribution < -0.4 is 20.1 Å². The van der Waals surface area contributed by atoms with Crippen LogP contribution in [-0.4, -0.2) is 44.1 Å². The Morgan fingerprint density at radius 1 is 0.938 bits per heavy atom. The van der Waals surface area contributed by atoms with Crippen LogP contribution in [0.15, 0.2) is 48.7 Å². The maximum Gasteiger partial charge on any atom is 0.220 e. The van der Waals surface area contributed by atoms with Crippen LogP contribution >= 0.6 is 0 Å². The van der Waals surface area contributed by atoms with Crippen LogP contribution in [0.5, 0.6) is 11.5 Å². The number of aromatic nitrogens is 1. The summed E-state index contributed by atoms with van der Waals surface area (Å²) in [4.78, 5) is 27.7. The van der Waals surface area contributed by atoms with Crippen LogP contribution in [0.4, 0.5) is 0 Å². The van der Waals surface area contributed by atoms with Gasteiger partial charge in [-0.1, -0.05) is 37.3 Å². The molecule has 1 unspecified atom stereocenters. The van der Waals surface area contributed by atoms with Crippen molar-refractivity contribution in [2.45, 2.75) is 32.1 Å². The van der Waals surface area contributed by atoms with Crippen LogP contribution in [0.25, 0.3) is 10.9 Å². The summed E-state index contributed by atoms with van der Waals surface area (Å²) in [5.74, 6) is 0.828. The van der Waals surface area contributed by atoms with Gasteiger partial charge in [0, 0.05) is 54.5 Å². The van der Waals surface area contributed by atoms with E-state index in [2.05, 4.69) is 21.7 Å². The Kier molecular flexibility index (Phi) is 8.14. The van der Waals surface area contributed by atoms with Crippen molar-refractivity contribution >= 4 is 22.7 Å². The zero-order valence-corrected chi connectivity index (χ0v) is 18.9. The Morgan fingerprint density at radius 2 is 1.69 bits per heavy atom. The smallest absolute Gasteiger partial charge is 0.220 e. The first-order chi connectivity index (χ1) is 15.6. The number of nitrogens with one attached hydrogen (secondary N) is 3. The molecule has 0 aliphatic heterocycles. The maximum absolute atomic E-state index is 12.5. The fraction of sp³-hybridized carbons (Fsp3) is 0.360. The fourth-order valence-electron chi connectivity index (χ4n) is 3.84. The highest BCUT2D eigenvalue weighted by Crippen LogP contribution is 2.40. The minimum atomic E-state index is -0.172. The summed E-state index contributed by atoms with van der Waals surface area (Å²) in [5.41, 5.74) is 2.99. The molecule has 0 aliphatic rings. The molecular formula is C25H31N3O4. The zero-order valence-electron chi connectivity index (χ0n) is 18.9. The Hall–Kier alpha value is -3.48. The van der Waals surface area contributed by atoms with Crippen molar-refractivity contribution in [3.63, 3.8) is 0 Å². The molecule has 0 saturated carbocycles. The second kappa shape index (κ2) is 11.2. The molecule has 2 aromatic carbocycles. The lowest BCUT2D eigenvalue weighted by Gasteiger charge is -2.22. The molecule has 32 heavy (non-hydrogen) atoms. The highest BCUT2D eigenvalue weighted by molar-refractivity contribution is 5.85. The number of H-pyrrole nitrogens is 1. The first kappa shape index (κ1) is 23.2. The Bertz CT molecular complexity index is 1060. The SMILES string of the molecule is CCCNC(=O)CCC(=O)NCC(c1cccc(OC)c1OC)c1c[nH]c2ccccc12. The minimum Gasteiger partial charge on any atom is -0.493 e. The van der Waals surface area contributed by atoms with Crippen molar-refractivity contribution in [3.8, 4) is 11.5 Å². The summed E-state index contributed by atoms with van der Waals surface area (Å²) in [6.07, 6.45) is 3.16. The van der Waals surface area contributed by atoms with Gasteiger partial charge in [0.2, 0.25) is 11.8 Å². The van der Waals surface area contributed by atoms with E-state index in [0.29, 0.717) is 24.6 Å². The first-order valence-corrected chi connectivity index (χ1v) is 10.9. The molecule has 2 amide bonds. The lowest BCUT2D eigenvalue weighted by atomic mass is 9.89. The van der Waals surface area contributed by atoms with Gasteiger partial charge in [0.25, 0.3) is 0 Å². The van der Waals surface area contributed by atoms with Gasteiger partial charge in [-0.05, 0) is 24.1 Å². The van der Waals surface area contributed by atoms with Crippen molar-refractivity contribution in [1.29, 1.82) is 0 Å². The van der Waals surface area contributed by atoms with E-state index in [4.69, 9.17) is 9.47 Å². The molecule has 0 spiro atoms. The van der Waals surface area contributed by atoms with E-state index in [-0.39, 0.29) is 30.6 Å². The Labute approximate surface area is 188 Å². The predicted octanol–water partition coefficient (Wildman–Crippen LogP) is 3.74. The highest BCUT2D eigenvalue weighted by atomic mass is 16.5. The third-order valence-electron chi connectivity index (χ3n) is 5.46. The summed E-state index contributed by atoms with van der Waals surface area (Å²) >= 11 is 0. The molecule has 0 fully saturated rings. The summed E-state index contributed by atoms with van der Waals surface area (Å²) < 4.78 is 11.2. The molecule has 1 heterocycles. The molecular weight excluding hydrogens is 406 g/mol. The van der Waals surface area contributed by atoms with Crippen molar-refractivity contribution in [2.75, 3.05) is 27.3 Å². The monoisotopic (exact) mass is 437 g/mol. The van der Waals surface area contributed by atoms with Gasteiger partial charge in [-0.15, -0.1) is 0 Å². The van der Waals surface area contributed by atoms with Gasteiger partial charge in [0.15, 0.2) is 11.5 Å². The van der Waals surface area contributed by atoms with Crippen LogP contribution in [0, 0.1) is 0 Å². The van der Waals surface area contributed by atoms with E-state index in [1.807, 2.05) is 49.5 Å². The molecule has 7 nitrogen and oxygen atoms in total. The summed E-state index contributed by atoms with van der Waals surface area (Å²) in [7, 11) is 3.22. The summed E-state index contributed by atoms with van der Waals surface area (Å²) in [6.45, 7) is 2.98. The zero-order chi connectivity index (χ0) is 22.9. The normalized spacial score (nSPS) is 11.7. The molecule has 3 N–H and O–H groups in total. The van der Waals surface area contributed by atoms with Crippen molar-refractivity contribution < 1.29 is 19.1 Å². The quantitative estimate of drug-likeness (QED) is 0.426. The van der Waals surface area contributed by atoms with Crippen molar-refractivity contribution in [2.24, 2.45) is 0 Å². The van der Waals surface area contributed by atoms with E-state index in [9.17, 15) is 9.59 Å². The van der Waals surface area contributed by atoms with Crippen LogP contribution in [0.1, 0.15) is 43.2 Å². The minimum absolute atomic E-state index is 0.107. The predicted molar refractivity (Wildman–Crippen MR) is 125 cm³/mol. The standard InChI is InChI=1S/C25H31N3O4/c1-4-14-26-23(29)12-13-24(30)28-16-20(18-9-7-11-22(31-2)25(18)32-3)19-15-27-21-10-6-5-8-17(19)21/h5-11,15,20,27H,4,12-14,16H2,1-3H3,(H,26,29)(H,28,30). The van der Waals surface area contributed by atoms with Crippen molar-refractivity contribution in [1.82, 2.24) is 15.6 Å². The van der Waals surface area contributed by atoms with Gasteiger partial charge >= 0.3 is 0 Å². The van der Waals surface area contributed by atoms with Crippen LogP contribution in [0.3, 0.4) is 0 Å². The van der Waals surface area contributed by atoms with E-state index < -0.39 is 0 Å². The number of rotatable bonds is 11. The molecule has 1 atom stereocenters. The van der Waals surface area contributed by atoms with Crippen molar-refractivity contribution in [3.05, 3.63) is 59.8 Å². The molecule has 3 rings (SSSR count). The largest absolute Gasteiger partial charge is 0.493 e. The maximum atomic E-state index is 12.5. The molecule has 0 bridgehead atoms.